The molecule has 1 aromatic heterocycles. The molecule has 1 fully saturated rings. The van der Waals surface area contributed by atoms with Crippen LogP contribution in [0.5, 0.6) is 0 Å². The fourth-order valence-electron chi connectivity index (χ4n) is 1.96. The number of halogens is 1. The van der Waals surface area contributed by atoms with E-state index in [1.807, 2.05) is 0 Å². The van der Waals surface area contributed by atoms with Crippen molar-refractivity contribution in [2.45, 2.75) is 25.8 Å². The lowest BCUT2D eigenvalue weighted by Gasteiger charge is -2.05. The highest BCUT2D eigenvalue weighted by Gasteiger charge is 2.21. The summed E-state index contributed by atoms with van der Waals surface area (Å²) in [5.41, 5.74) is 6.42. The van der Waals surface area contributed by atoms with Crippen molar-refractivity contribution in [3.63, 3.8) is 0 Å². The van der Waals surface area contributed by atoms with Crippen molar-refractivity contribution in [1.82, 2.24) is 20.2 Å². The van der Waals surface area contributed by atoms with Crippen LogP contribution in [0.1, 0.15) is 19.3 Å². The molecule has 94 valence electrons. The molecule has 2 N–H and O–H groups in total. The largest absolute Gasteiger partial charge is 0.396 e. The lowest BCUT2D eigenvalue weighted by Crippen LogP contribution is -2.04. The summed E-state index contributed by atoms with van der Waals surface area (Å²) in [5.74, 6) is 1.04. The summed E-state index contributed by atoms with van der Waals surface area (Å²) in [6, 6.07) is 4.55. The van der Waals surface area contributed by atoms with Crippen LogP contribution in [-0.4, -0.2) is 20.2 Å². The molecule has 3 rings (SSSR count). The normalized spacial score (nSPS) is 14.9. The van der Waals surface area contributed by atoms with Crippen molar-refractivity contribution in [1.29, 1.82) is 0 Å². The van der Waals surface area contributed by atoms with Gasteiger partial charge in [-0.25, -0.2) is 9.07 Å². The minimum atomic E-state index is -0.421. The molecule has 0 atom stereocenters. The SMILES string of the molecule is Nc1cc(-c2nnnn2CCC2CC2)ccc1F. The van der Waals surface area contributed by atoms with Gasteiger partial charge in [0.05, 0.1) is 5.69 Å². The Bertz CT molecular complexity index is 561. The van der Waals surface area contributed by atoms with Gasteiger partial charge in [0, 0.05) is 12.1 Å². The predicted octanol–water partition coefficient (Wildman–Crippen LogP) is 1.86. The van der Waals surface area contributed by atoms with Gasteiger partial charge in [-0.05, 0) is 41.0 Å². The lowest BCUT2D eigenvalue weighted by molar-refractivity contribution is 0.535. The van der Waals surface area contributed by atoms with E-state index in [1.165, 1.54) is 18.9 Å². The summed E-state index contributed by atoms with van der Waals surface area (Å²) in [5, 5.41) is 11.6. The maximum Gasteiger partial charge on any atom is 0.182 e. The van der Waals surface area contributed by atoms with Crippen LogP contribution in [0, 0.1) is 11.7 Å². The van der Waals surface area contributed by atoms with E-state index in [0.717, 1.165) is 24.4 Å². The Morgan fingerprint density at radius 1 is 1.39 bits per heavy atom. The van der Waals surface area contributed by atoms with Gasteiger partial charge in [0.1, 0.15) is 5.82 Å². The van der Waals surface area contributed by atoms with E-state index in [1.54, 1.807) is 16.8 Å². The molecule has 0 saturated heterocycles. The van der Waals surface area contributed by atoms with Gasteiger partial charge in [-0.2, -0.15) is 0 Å². The Kier molecular flexibility index (Phi) is 2.70. The first kappa shape index (κ1) is 11.1. The first-order valence-corrected chi connectivity index (χ1v) is 6.05. The van der Waals surface area contributed by atoms with Crippen molar-refractivity contribution in [3.05, 3.63) is 24.0 Å². The second kappa shape index (κ2) is 4.36. The number of aryl methyl sites for hydroxylation is 1. The zero-order valence-corrected chi connectivity index (χ0v) is 9.88. The molecule has 5 nitrogen and oxygen atoms in total. The number of tetrazole rings is 1. The number of hydrogen-bond donors (Lipinski definition) is 1. The molecule has 2 aromatic rings. The Morgan fingerprint density at radius 2 is 2.22 bits per heavy atom. The van der Waals surface area contributed by atoms with Gasteiger partial charge in [-0.3, -0.25) is 0 Å². The maximum atomic E-state index is 13.1. The number of nitrogens with two attached hydrogens (primary N) is 1. The molecule has 1 aliphatic rings. The first-order valence-electron chi connectivity index (χ1n) is 6.05. The van der Waals surface area contributed by atoms with Crippen LogP contribution < -0.4 is 5.73 Å². The third-order valence-corrected chi connectivity index (χ3v) is 3.23. The van der Waals surface area contributed by atoms with Crippen LogP contribution in [0.25, 0.3) is 11.4 Å². The minimum absolute atomic E-state index is 0.115. The molecule has 1 aliphatic carbocycles. The number of aromatic nitrogens is 4. The van der Waals surface area contributed by atoms with E-state index in [0.29, 0.717) is 5.82 Å². The molecular formula is C12H14FN5. The molecular weight excluding hydrogens is 233 g/mol. The number of benzene rings is 1. The smallest absolute Gasteiger partial charge is 0.182 e. The Labute approximate surface area is 104 Å². The number of rotatable bonds is 4. The third kappa shape index (κ3) is 2.18. The molecule has 0 spiro atoms. The Balaban J connectivity index is 1.85. The monoisotopic (exact) mass is 247 g/mol. The summed E-state index contributed by atoms with van der Waals surface area (Å²) < 4.78 is 14.9. The molecule has 0 radical (unpaired) electrons. The molecule has 1 heterocycles. The highest BCUT2D eigenvalue weighted by molar-refractivity contribution is 5.61. The van der Waals surface area contributed by atoms with E-state index in [4.69, 9.17) is 5.73 Å². The summed E-state index contributed by atoms with van der Waals surface area (Å²) in [6.07, 6.45) is 3.70. The van der Waals surface area contributed by atoms with Crippen LogP contribution in [0.2, 0.25) is 0 Å². The molecule has 18 heavy (non-hydrogen) atoms. The Morgan fingerprint density at radius 3 is 2.94 bits per heavy atom. The highest BCUT2D eigenvalue weighted by Crippen LogP contribution is 2.33. The number of anilines is 1. The Hall–Kier alpha value is -1.98. The molecule has 0 aliphatic heterocycles. The number of nitrogens with zero attached hydrogens (tertiary/aromatic N) is 4. The van der Waals surface area contributed by atoms with Gasteiger partial charge < -0.3 is 5.73 Å². The highest BCUT2D eigenvalue weighted by atomic mass is 19.1. The van der Waals surface area contributed by atoms with Gasteiger partial charge in [-0.1, -0.05) is 12.8 Å². The second-order valence-electron chi connectivity index (χ2n) is 4.69. The standard InChI is InChI=1S/C12H14FN5/c13-10-4-3-9(7-11(10)14)12-15-16-17-18(12)6-5-8-1-2-8/h3-4,7-8H,1-2,5-6,14H2. The van der Waals surface area contributed by atoms with Crippen LogP contribution in [0.4, 0.5) is 10.1 Å². The summed E-state index contributed by atoms with van der Waals surface area (Å²) in [7, 11) is 0. The van der Waals surface area contributed by atoms with E-state index in [-0.39, 0.29) is 5.69 Å². The number of hydrogen-bond acceptors (Lipinski definition) is 4. The third-order valence-electron chi connectivity index (χ3n) is 3.23. The first-order chi connectivity index (χ1) is 8.74. The van der Waals surface area contributed by atoms with Gasteiger partial charge in [0.25, 0.3) is 0 Å². The fraction of sp³-hybridized carbons (Fsp3) is 0.417. The summed E-state index contributed by atoms with van der Waals surface area (Å²) >= 11 is 0. The fourth-order valence-corrected chi connectivity index (χ4v) is 1.96. The van der Waals surface area contributed by atoms with Crippen molar-refractivity contribution in [2.75, 3.05) is 5.73 Å². The lowest BCUT2D eigenvalue weighted by atomic mass is 10.2. The molecule has 0 bridgehead atoms. The van der Waals surface area contributed by atoms with Gasteiger partial charge in [0.15, 0.2) is 5.82 Å². The van der Waals surface area contributed by atoms with E-state index in [9.17, 15) is 4.39 Å². The molecule has 1 aromatic carbocycles. The zero-order valence-electron chi connectivity index (χ0n) is 9.88. The molecule has 0 amide bonds. The van der Waals surface area contributed by atoms with Crippen LogP contribution in [-0.2, 0) is 6.54 Å². The quantitative estimate of drug-likeness (QED) is 0.837. The van der Waals surface area contributed by atoms with E-state index in [2.05, 4.69) is 15.5 Å². The van der Waals surface area contributed by atoms with E-state index >= 15 is 0 Å². The second-order valence-corrected chi connectivity index (χ2v) is 4.69. The average Bonchev–Trinajstić information content (AvgIpc) is 3.08. The molecule has 6 heteroatoms. The zero-order chi connectivity index (χ0) is 12.5. The van der Waals surface area contributed by atoms with Crippen LogP contribution in [0.15, 0.2) is 18.2 Å². The van der Waals surface area contributed by atoms with Crippen molar-refractivity contribution >= 4 is 5.69 Å². The molecule has 0 unspecified atom stereocenters. The maximum absolute atomic E-state index is 13.1. The van der Waals surface area contributed by atoms with Gasteiger partial charge >= 0.3 is 0 Å². The van der Waals surface area contributed by atoms with E-state index < -0.39 is 5.82 Å². The van der Waals surface area contributed by atoms with Crippen molar-refractivity contribution in [2.24, 2.45) is 5.92 Å². The van der Waals surface area contributed by atoms with Crippen LogP contribution in [0.3, 0.4) is 0 Å². The number of nitrogen functional groups attached to an aromatic ring is 1. The van der Waals surface area contributed by atoms with Gasteiger partial charge in [-0.15, -0.1) is 5.10 Å². The van der Waals surface area contributed by atoms with Crippen molar-refractivity contribution < 1.29 is 4.39 Å². The van der Waals surface area contributed by atoms with Crippen LogP contribution >= 0.6 is 0 Å². The van der Waals surface area contributed by atoms with Gasteiger partial charge in [0.2, 0.25) is 0 Å². The summed E-state index contributed by atoms with van der Waals surface area (Å²) in [6.45, 7) is 0.796. The minimum Gasteiger partial charge on any atom is -0.396 e. The topological polar surface area (TPSA) is 69.6 Å². The average molecular weight is 247 g/mol. The van der Waals surface area contributed by atoms with Crippen molar-refractivity contribution in [3.8, 4) is 11.4 Å². The molecule has 1 saturated carbocycles. The predicted molar refractivity (Wildman–Crippen MR) is 65.0 cm³/mol. The summed E-state index contributed by atoms with van der Waals surface area (Å²) in [4.78, 5) is 0.